The Labute approximate surface area is 86.8 Å². The van der Waals surface area contributed by atoms with Crippen LogP contribution in [-0.2, 0) is 0 Å². The Hall–Kier alpha value is -1.59. The van der Waals surface area contributed by atoms with Crippen molar-refractivity contribution in [1.29, 1.82) is 5.26 Å². The number of rotatable bonds is 0. The second-order valence-corrected chi connectivity index (χ2v) is 3.47. The van der Waals surface area contributed by atoms with E-state index in [0.29, 0.717) is 10.7 Å². The molecule has 1 heterocycles. The highest BCUT2D eigenvalue weighted by Gasteiger charge is 2.01. The van der Waals surface area contributed by atoms with Gasteiger partial charge in [0.25, 0.3) is 0 Å². The summed E-state index contributed by atoms with van der Waals surface area (Å²) in [6.45, 7) is 1.90. The van der Waals surface area contributed by atoms with Crippen molar-refractivity contribution >= 4 is 22.5 Å². The van der Waals surface area contributed by atoms with Gasteiger partial charge < -0.3 is 0 Å². The van der Waals surface area contributed by atoms with Crippen LogP contribution >= 0.6 is 11.6 Å². The second-order valence-electron chi connectivity index (χ2n) is 3.12. The van der Waals surface area contributed by atoms with Crippen LogP contribution in [0.4, 0.5) is 0 Å². The van der Waals surface area contributed by atoms with Crippen LogP contribution in [0.3, 0.4) is 0 Å². The lowest BCUT2D eigenvalue weighted by molar-refractivity contribution is 1.33. The first-order valence-corrected chi connectivity index (χ1v) is 4.55. The molecule has 1 aromatic carbocycles. The van der Waals surface area contributed by atoms with Crippen LogP contribution < -0.4 is 0 Å². The molecular weight excluding hydrogens is 196 g/mol. The van der Waals surface area contributed by atoms with Crippen molar-refractivity contribution in [3.05, 3.63) is 40.5 Å². The number of fused-ring (bicyclic) bond motifs is 1. The van der Waals surface area contributed by atoms with Crippen LogP contribution in [0.2, 0.25) is 5.15 Å². The molecule has 14 heavy (non-hydrogen) atoms. The van der Waals surface area contributed by atoms with Gasteiger partial charge >= 0.3 is 0 Å². The topological polar surface area (TPSA) is 36.7 Å². The van der Waals surface area contributed by atoms with Crippen molar-refractivity contribution in [2.24, 2.45) is 0 Å². The zero-order valence-electron chi connectivity index (χ0n) is 7.58. The minimum absolute atomic E-state index is 0.516. The third-order valence-electron chi connectivity index (χ3n) is 2.07. The molecule has 0 aliphatic rings. The molecule has 0 atom stereocenters. The third-order valence-corrected chi connectivity index (χ3v) is 2.46. The Morgan fingerprint density at radius 2 is 2.14 bits per heavy atom. The maximum Gasteiger partial charge on any atom is 0.132 e. The predicted molar refractivity (Wildman–Crippen MR) is 56.2 cm³/mol. The van der Waals surface area contributed by atoms with Crippen molar-refractivity contribution in [3.63, 3.8) is 0 Å². The van der Waals surface area contributed by atoms with Crippen LogP contribution in [0.15, 0.2) is 24.3 Å². The van der Waals surface area contributed by atoms with E-state index in [1.54, 1.807) is 12.1 Å². The molecule has 0 fully saturated rings. The lowest BCUT2D eigenvalue weighted by Gasteiger charge is -2.01. The number of aromatic nitrogens is 1. The predicted octanol–water partition coefficient (Wildman–Crippen LogP) is 3.07. The Bertz CT molecular complexity index is 541. The molecule has 68 valence electrons. The molecule has 0 spiro atoms. The summed E-state index contributed by atoms with van der Waals surface area (Å²) in [5.41, 5.74) is 2.38. The Morgan fingerprint density at radius 1 is 1.36 bits per heavy atom. The van der Waals surface area contributed by atoms with Crippen LogP contribution in [-0.4, -0.2) is 4.98 Å². The fraction of sp³-hybridized carbons (Fsp3) is 0.0909. The average molecular weight is 203 g/mol. The first-order valence-electron chi connectivity index (χ1n) is 4.18. The zero-order chi connectivity index (χ0) is 10.1. The van der Waals surface area contributed by atoms with Gasteiger partial charge in [0.05, 0.1) is 17.1 Å². The summed E-state index contributed by atoms with van der Waals surface area (Å²) in [4.78, 5) is 4.21. The van der Waals surface area contributed by atoms with Crippen LogP contribution in [0.5, 0.6) is 0 Å². The Morgan fingerprint density at radius 3 is 2.86 bits per heavy atom. The van der Waals surface area contributed by atoms with E-state index in [-0.39, 0.29) is 0 Å². The number of hydrogen-bond acceptors (Lipinski definition) is 2. The highest BCUT2D eigenvalue weighted by Crippen LogP contribution is 2.20. The molecule has 0 saturated heterocycles. The smallest absolute Gasteiger partial charge is 0.132 e. The van der Waals surface area contributed by atoms with Crippen molar-refractivity contribution in [1.82, 2.24) is 4.98 Å². The van der Waals surface area contributed by atoms with E-state index in [4.69, 9.17) is 16.9 Å². The maximum atomic E-state index is 8.72. The molecule has 0 N–H and O–H groups in total. The van der Waals surface area contributed by atoms with Gasteiger partial charge in [-0.05, 0) is 36.8 Å². The summed E-state index contributed by atoms with van der Waals surface area (Å²) in [6.07, 6.45) is 0. The van der Waals surface area contributed by atoms with E-state index in [9.17, 15) is 0 Å². The highest BCUT2D eigenvalue weighted by molar-refractivity contribution is 6.30. The van der Waals surface area contributed by atoms with Gasteiger partial charge in [-0.3, -0.25) is 0 Å². The zero-order valence-corrected chi connectivity index (χ0v) is 8.34. The molecule has 0 aliphatic carbocycles. The van der Waals surface area contributed by atoms with Gasteiger partial charge in [-0.25, -0.2) is 4.98 Å². The minimum atomic E-state index is 0.516. The highest BCUT2D eigenvalue weighted by atomic mass is 35.5. The first-order chi connectivity index (χ1) is 6.70. The van der Waals surface area contributed by atoms with E-state index in [1.165, 1.54) is 0 Å². The van der Waals surface area contributed by atoms with Crippen LogP contribution in [0.1, 0.15) is 11.1 Å². The molecule has 2 rings (SSSR count). The third kappa shape index (κ3) is 1.43. The number of benzene rings is 1. The summed E-state index contributed by atoms with van der Waals surface area (Å²) in [5, 5.41) is 10.2. The fourth-order valence-electron chi connectivity index (χ4n) is 1.33. The Kier molecular flexibility index (Phi) is 2.11. The molecule has 0 radical (unpaired) electrons. The number of nitrogens with zero attached hydrogens (tertiary/aromatic N) is 2. The summed E-state index contributed by atoms with van der Waals surface area (Å²) in [5.74, 6) is 0. The second kappa shape index (κ2) is 3.28. The number of aryl methyl sites for hydroxylation is 1. The van der Waals surface area contributed by atoms with Gasteiger partial charge in [-0.2, -0.15) is 5.26 Å². The normalized spacial score (nSPS) is 10.1. The summed E-state index contributed by atoms with van der Waals surface area (Å²) >= 11 is 5.89. The molecular formula is C11H7ClN2. The summed E-state index contributed by atoms with van der Waals surface area (Å²) in [6, 6.07) is 9.38. The molecule has 0 bridgehead atoms. The molecule has 3 heteroatoms. The van der Waals surface area contributed by atoms with Gasteiger partial charge in [0.1, 0.15) is 5.15 Å². The monoisotopic (exact) mass is 202 g/mol. The van der Waals surface area contributed by atoms with Crippen molar-refractivity contribution in [3.8, 4) is 6.07 Å². The number of halogens is 1. The standard InChI is InChI=1S/C11H7ClN2/c1-7-4-9-5-8(6-13)2-3-10(9)14-11(7)12/h2-5H,1H3. The molecule has 2 nitrogen and oxygen atoms in total. The first kappa shape index (κ1) is 8.98. The van der Waals surface area contributed by atoms with Gasteiger partial charge in [0, 0.05) is 5.39 Å². The molecule has 0 amide bonds. The minimum Gasteiger partial charge on any atom is -0.236 e. The summed E-state index contributed by atoms with van der Waals surface area (Å²) < 4.78 is 0. The van der Waals surface area contributed by atoms with Crippen molar-refractivity contribution < 1.29 is 0 Å². The quantitative estimate of drug-likeness (QED) is 0.616. The van der Waals surface area contributed by atoms with Crippen LogP contribution in [0, 0.1) is 18.3 Å². The van der Waals surface area contributed by atoms with E-state index in [1.807, 2.05) is 19.1 Å². The molecule has 0 saturated carbocycles. The SMILES string of the molecule is Cc1cc2cc(C#N)ccc2nc1Cl. The molecule has 0 aliphatic heterocycles. The number of hydrogen-bond donors (Lipinski definition) is 0. The van der Waals surface area contributed by atoms with E-state index in [0.717, 1.165) is 16.5 Å². The number of pyridine rings is 1. The lowest BCUT2D eigenvalue weighted by Crippen LogP contribution is -1.85. The van der Waals surface area contributed by atoms with Gasteiger partial charge in [0.15, 0.2) is 0 Å². The fourth-order valence-corrected chi connectivity index (χ4v) is 1.47. The van der Waals surface area contributed by atoms with Crippen molar-refractivity contribution in [2.75, 3.05) is 0 Å². The van der Waals surface area contributed by atoms with Gasteiger partial charge in [0.2, 0.25) is 0 Å². The molecule has 0 unspecified atom stereocenters. The van der Waals surface area contributed by atoms with E-state index in [2.05, 4.69) is 11.1 Å². The maximum absolute atomic E-state index is 8.72. The Balaban J connectivity index is 2.78. The lowest BCUT2D eigenvalue weighted by atomic mass is 10.1. The summed E-state index contributed by atoms with van der Waals surface area (Å²) in [7, 11) is 0. The number of nitriles is 1. The van der Waals surface area contributed by atoms with Gasteiger partial charge in [-0.15, -0.1) is 0 Å². The van der Waals surface area contributed by atoms with Gasteiger partial charge in [-0.1, -0.05) is 11.6 Å². The molecule has 1 aromatic heterocycles. The molecule has 2 aromatic rings. The van der Waals surface area contributed by atoms with Crippen molar-refractivity contribution in [2.45, 2.75) is 6.92 Å². The van der Waals surface area contributed by atoms with Crippen LogP contribution in [0.25, 0.3) is 10.9 Å². The largest absolute Gasteiger partial charge is 0.236 e. The van der Waals surface area contributed by atoms with E-state index < -0.39 is 0 Å². The van der Waals surface area contributed by atoms with E-state index >= 15 is 0 Å². The average Bonchev–Trinajstić information content (AvgIpc) is 2.19.